The number of aromatic nitrogens is 2. The molecule has 26 heavy (non-hydrogen) atoms. The zero-order valence-electron chi connectivity index (χ0n) is 15.6. The second kappa shape index (κ2) is 6.39. The van der Waals surface area contributed by atoms with Crippen LogP contribution in [0.2, 0.25) is 0 Å². The Morgan fingerprint density at radius 2 is 2.04 bits per heavy atom. The van der Waals surface area contributed by atoms with E-state index in [0.29, 0.717) is 17.6 Å². The van der Waals surface area contributed by atoms with E-state index < -0.39 is 23.0 Å². The predicted octanol–water partition coefficient (Wildman–Crippen LogP) is 1.66. The highest BCUT2D eigenvalue weighted by Gasteiger charge is 2.46. The summed E-state index contributed by atoms with van der Waals surface area (Å²) in [5.74, 6) is -0.601. The van der Waals surface area contributed by atoms with Crippen LogP contribution in [0.25, 0.3) is 10.9 Å². The number of nitrogens with one attached hydrogen (secondary N) is 3. The van der Waals surface area contributed by atoms with Gasteiger partial charge in [-0.1, -0.05) is 20.8 Å². The van der Waals surface area contributed by atoms with E-state index in [2.05, 4.69) is 20.8 Å². The number of hydrogen-bond donors (Lipinski definition) is 4. The molecule has 1 aliphatic carbocycles. The normalized spacial score (nSPS) is 17.0. The molecular weight excluding hydrogens is 332 g/mol. The Labute approximate surface area is 152 Å². The number of H-pyrrole nitrogens is 1. The van der Waals surface area contributed by atoms with Crippen molar-refractivity contribution in [3.05, 3.63) is 29.5 Å². The van der Waals surface area contributed by atoms with Crippen molar-refractivity contribution < 1.29 is 14.7 Å². The Bertz CT molecular complexity index is 846. The molecule has 1 heterocycles. The summed E-state index contributed by atoms with van der Waals surface area (Å²) in [7, 11) is 0. The van der Waals surface area contributed by atoms with E-state index in [-0.39, 0.29) is 5.91 Å². The van der Waals surface area contributed by atoms with Gasteiger partial charge < -0.3 is 15.7 Å². The molecule has 0 bridgehead atoms. The Morgan fingerprint density at radius 1 is 1.35 bits per heavy atom. The van der Waals surface area contributed by atoms with Crippen LogP contribution < -0.4 is 10.6 Å². The molecule has 0 aliphatic heterocycles. The lowest BCUT2D eigenvalue weighted by Crippen LogP contribution is -2.51. The Morgan fingerprint density at radius 3 is 2.65 bits per heavy atom. The lowest BCUT2D eigenvalue weighted by molar-refractivity contribution is -0.135. The first-order valence-corrected chi connectivity index (χ1v) is 8.83. The first-order valence-electron chi connectivity index (χ1n) is 8.83. The number of carbonyl (C=O) groups excluding carboxylic acids is 2. The van der Waals surface area contributed by atoms with Crippen LogP contribution >= 0.6 is 0 Å². The molecule has 7 heteroatoms. The van der Waals surface area contributed by atoms with Gasteiger partial charge in [0.1, 0.15) is 6.10 Å². The summed E-state index contributed by atoms with van der Waals surface area (Å²) in [6, 6.07) is 3.78. The average molecular weight is 358 g/mol. The summed E-state index contributed by atoms with van der Waals surface area (Å²) in [5, 5.41) is 23.7. The van der Waals surface area contributed by atoms with Crippen molar-refractivity contribution >= 4 is 22.7 Å². The monoisotopic (exact) mass is 358 g/mol. The molecule has 7 nitrogen and oxygen atoms in total. The SMILES string of the molecule is Cc1cc(C(=O)NCC2(NC(=O)C(O)C(C)(C)C)CC2)c2[nH]ncc2c1. The summed E-state index contributed by atoms with van der Waals surface area (Å²) in [4.78, 5) is 24.9. The standard InChI is InChI=1S/C19H26N4O3/c1-11-7-12-9-21-23-14(12)13(8-11)16(25)20-10-19(5-6-19)22-17(26)15(24)18(2,3)4/h7-9,15,24H,5-6,10H2,1-4H3,(H,20,25)(H,21,23)(H,22,26). The van der Waals surface area contributed by atoms with Gasteiger partial charge in [0.15, 0.2) is 0 Å². The van der Waals surface area contributed by atoms with Crippen LogP contribution in [0.5, 0.6) is 0 Å². The summed E-state index contributed by atoms with van der Waals surface area (Å²) in [5.41, 5.74) is 1.22. The molecule has 1 aromatic heterocycles. The molecule has 1 atom stereocenters. The van der Waals surface area contributed by atoms with Gasteiger partial charge in [0.25, 0.3) is 5.91 Å². The molecule has 140 valence electrons. The molecule has 3 rings (SSSR count). The van der Waals surface area contributed by atoms with Gasteiger partial charge in [0, 0.05) is 11.9 Å². The number of fused-ring (bicyclic) bond motifs is 1. The maximum absolute atomic E-state index is 12.6. The molecule has 1 aliphatic rings. The van der Waals surface area contributed by atoms with E-state index in [1.807, 2.05) is 39.8 Å². The van der Waals surface area contributed by atoms with E-state index in [4.69, 9.17) is 0 Å². The maximum Gasteiger partial charge on any atom is 0.253 e. The lowest BCUT2D eigenvalue weighted by Gasteiger charge is -2.27. The van der Waals surface area contributed by atoms with Crippen LogP contribution in [-0.4, -0.2) is 45.3 Å². The van der Waals surface area contributed by atoms with Crippen molar-refractivity contribution in [2.75, 3.05) is 6.54 Å². The van der Waals surface area contributed by atoms with Gasteiger partial charge in [-0.3, -0.25) is 14.7 Å². The number of aryl methyl sites for hydroxylation is 1. The van der Waals surface area contributed by atoms with Gasteiger partial charge in [0.05, 0.1) is 22.8 Å². The first-order chi connectivity index (χ1) is 12.1. The molecule has 0 radical (unpaired) electrons. The fourth-order valence-electron chi connectivity index (χ4n) is 2.95. The van der Waals surface area contributed by atoms with Crippen LogP contribution in [0.4, 0.5) is 0 Å². The summed E-state index contributed by atoms with van der Waals surface area (Å²) >= 11 is 0. The summed E-state index contributed by atoms with van der Waals surface area (Å²) in [6.45, 7) is 7.70. The number of benzene rings is 1. The van der Waals surface area contributed by atoms with Crippen molar-refractivity contribution in [3.63, 3.8) is 0 Å². The van der Waals surface area contributed by atoms with Gasteiger partial charge in [-0.05, 0) is 42.9 Å². The minimum atomic E-state index is -1.09. The van der Waals surface area contributed by atoms with Gasteiger partial charge in [0.2, 0.25) is 5.91 Å². The minimum Gasteiger partial charge on any atom is -0.383 e. The fraction of sp³-hybridized carbons (Fsp3) is 0.526. The second-order valence-electron chi connectivity index (χ2n) is 8.37. The molecule has 0 spiro atoms. The van der Waals surface area contributed by atoms with E-state index in [0.717, 1.165) is 23.8 Å². The topological polar surface area (TPSA) is 107 Å². The van der Waals surface area contributed by atoms with Crippen molar-refractivity contribution in [1.82, 2.24) is 20.8 Å². The van der Waals surface area contributed by atoms with Crippen LogP contribution in [0.1, 0.15) is 49.5 Å². The van der Waals surface area contributed by atoms with Gasteiger partial charge >= 0.3 is 0 Å². The number of aliphatic hydroxyl groups is 1. The van der Waals surface area contributed by atoms with Crippen LogP contribution in [0.3, 0.4) is 0 Å². The third-order valence-corrected chi connectivity index (χ3v) is 4.84. The van der Waals surface area contributed by atoms with Crippen molar-refractivity contribution in [1.29, 1.82) is 0 Å². The van der Waals surface area contributed by atoms with Crippen molar-refractivity contribution in [3.8, 4) is 0 Å². The van der Waals surface area contributed by atoms with Gasteiger partial charge in [-0.2, -0.15) is 5.10 Å². The molecule has 1 saturated carbocycles. The number of rotatable bonds is 5. The predicted molar refractivity (Wildman–Crippen MR) is 98.7 cm³/mol. The largest absolute Gasteiger partial charge is 0.383 e. The molecule has 1 fully saturated rings. The van der Waals surface area contributed by atoms with Crippen LogP contribution in [0.15, 0.2) is 18.3 Å². The summed E-state index contributed by atoms with van der Waals surface area (Å²) in [6.07, 6.45) is 2.17. The number of carbonyl (C=O) groups is 2. The van der Waals surface area contributed by atoms with Crippen LogP contribution in [0, 0.1) is 12.3 Å². The molecular formula is C19H26N4O3. The third kappa shape index (κ3) is 3.72. The Balaban J connectivity index is 1.66. The fourth-order valence-corrected chi connectivity index (χ4v) is 2.95. The van der Waals surface area contributed by atoms with E-state index in [9.17, 15) is 14.7 Å². The van der Waals surface area contributed by atoms with Crippen molar-refractivity contribution in [2.24, 2.45) is 5.41 Å². The lowest BCUT2D eigenvalue weighted by atomic mass is 9.88. The zero-order chi connectivity index (χ0) is 19.1. The maximum atomic E-state index is 12.6. The van der Waals surface area contributed by atoms with Gasteiger partial charge in [-0.15, -0.1) is 0 Å². The zero-order valence-corrected chi connectivity index (χ0v) is 15.6. The number of aliphatic hydroxyl groups excluding tert-OH is 1. The molecule has 2 aromatic rings. The second-order valence-corrected chi connectivity index (χ2v) is 8.37. The highest BCUT2D eigenvalue weighted by atomic mass is 16.3. The third-order valence-electron chi connectivity index (χ3n) is 4.84. The molecule has 1 unspecified atom stereocenters. The quantitative estimate of drug-likeness (QED) is 0.652. The molecule has 1 aromatic carbocycles. The minimum absolute atomic E-state index is 0.208. The average Bonchev–Trinajstić information content (AvgIpc) is 3.15. The molecule has 4 N–H and O–H groups in total. The highest BCUT2D eigenvalue weighted by molar-refractivity contribution is 6.05. The Hall–Kier alpha value is -2.41. The first kappa shape index (κ1) is 18.4. The van der Waals surface area contributed by atoms with E-state index in [1.54, 1.807) is 6.20 Å². The van der Waals surface area contributed by atoms with Crippen molar-refractivity contribution in [2.45, 2.75) is 52.2 Å². The summed E-state index contributed by atoms with van der Waals surface area (Å²) < 4.78 is 0. The molecule has 0 saturated heterocycles. The number of nitrogens with zero attached hydrogens (tertiary/aromatic N) is 1. The number of hydrogen-bond acceptors (Lipinski definition) is 4. The number of aromatic amines is 1. The molecule has 2 amide bonds. The van der Waals surface area contributed by atoms with Gasteiger partial charge in [-0.25, -0.2) is 0 Å². The Kier molecular flexibility index (Phi) is 4.52. The van der Waals surface area contributed by atoms with E-state index >= 15 is 0 Å². The van der Waals surface area contributed by atoms with Crippen LogP contribution in [-0.2, 0) is 4.79 Å². The number of amides is 2. The highest BCUT2D eigenvalue weighted by Crippen LogP contribution is 2.35. The van der Waals surface area contributed by atoms with E-state index in [1.165, 1.54) is 0 Å². The smallest absolute Gasteiger partial charge is 0.253 e.